The van der Waals surface area contributed by atoms with E-state index in [-0.39, 0.29) is 24.8 Å². The number of epoxide rings is 1. The van der Waals surface area contributed by atoms with Gasteiger partial charge in [0, 0.05) is 13.1 Å². The first-order valence-corrected chi connectivity index (χ1v) is 9.84. The molecular weight excluding hydrogens is 444 g/mol. The van der Waals surface area contributed by atoms with Gasteiger partial charge in [-0.2, -0.15) is 31.4 Å². The van der Waals surface area contributed by atoms with Gasteiger partial charge < -0.3 is 14.4 Å². The van der Waals surface area contributed by atoms with Gasteiger partial charge in [-0.25, -0.2) is 4.79 Å². The number of amides is 1. The first-order valence-electron chi connectivity index (χ1n) is 9.84. The number of aromatic nitrogens is 2. The number of nitrogens with zero attached hydrogens (tertiary/aromatic N) is 3. The van der Waals surface area contributed by atoms with Crippen LogP contribution >= 0.6 is 0 Å². The van der Waals surface area contributed by atoms with Crippen LogP contribution in [0, 0.1) is 0 Å². The Kier molecular flexibility index (Phi) is 5.60. The largest absolute Gasteiger partial charge is 0.445 e. The number of carbonyl (C=O) groups excluding carboxylic acids is 1. The SMILES string of the molecule is CC1OC1c1cc2n(n1)CCCN(C(=O)OCc1cc(C(F)(F)F)cc(C(F)(F)F)c1)C2. The maximum atomic E-state index is 13.0. The minimum Gasteiger partial charge on any atom is -0.445 e. The van der Waals surface area contributed by atoms with Crippen molar-refractivity contribution in [2.45, 2.75) is 57.6 Å². The molecule has 0 N–H and O–H groups in total. The second-order valence-corrected chi connectivity index (χ2v) is 7.79. The number of rotatable bonds is 3. The van der Waals surface area contributed by atoms with Gasteiger partial charge in [0.2, 0.25) is 0 Å². The van der Waals surface area contributed by atoms with Gasteiger partial charge in [-0.15, -0.1) is 0 Å². The molecule has 12 heteroatoms. The highest BCUT2D eigenvalue weighted by atomic mass is 19.4. The van der Waals surface area contributed by atoms with Crippen molar-refractivity contribution in [2.24, 2.45) is 0 Å². The lowest BCUT2D eigenvalue weighted by Crippen LogP contribution is -2.31. The van der Waals surface area contributed by atoms with Crippen LogP contribution in [-0.2, 0) is 41.5 Å². The first kappa shape index (κ1) is 22.4. The monoisotopic (exact) mass is 463 g/mol. The Morgan fingerprint density at radius 3 is 2.28 bits per heavy atom. The van der Waals surface area contributed by atoms with Crippen LogP contribution in [0.1, 0.15) is 47.5 Å². The van der Waals surface area contributed by atoms with E-state index in [0.717, 1.165) is 11.4 Å². The average Bonchev–Trinajstić information content (AvgIpc) is 3.36. The van der Waals surface area contributed by atoms with Crippen molar-refractivity contribution in [3.05, 3.63) is 52.3 Å². The van der Waals surface area contributed by atoms with E-state index in [1.54, 1.807) is 4.68 Å². The predicted molar refractivity (Wildman–Crippen MR) is 97.2 cm³/mol. The van der Waals surface area contributed by atoms with Gasteiger partial charge in [0.05, 0.1) is 35.2 Å². The van der Waals surface area contributed by atoms with Crippen molar-refractivity contribution in [2.75, 3.05) is 6.54 Å². The molecule has 1 saturated heterocycles. The Bertz CT molecular complexity index is 985. The molecule has 1 aromatic carbocycles. The second kappa shape index (κ2) is 7.98. The third-order valence-electron chi connectivity index (χ3n) is 5.30. The van der Waals surface area contributed by atoms with Crippen molar-refractivity contribution in [3.63, 3.8) is 0 Å². The quantitative estimate of drug-likeness (QED) is 0.479. The van der Waals surface area contributed by atoms with E-state index >= 15 is 0 Å². The Hall–Kier alpha value is -2.76. The summed E-state index contributed by atoms with van der Waals surface area (Å²) in [6, 6.07) is 2.94. The number of aryl methyl sites for hydroxylation is 1. The van der Waals surface area contributed by atoms with E-state index in [1.807, 2.05) is 13.0 Å². The van der Waals surface area contributed by atoms with Crippen molar-refractivity contribution in [1.29, 1.82) is 0 Å². The summed E-state index contributed by atoms with van der Waals surface area (Å²) in [6.07, 6.45) is -10.2. The minimum absolute atomic E-state index is 0.0311. The number of benzene rings is 1. The smallest absolute Gasteiger partial charge is 0.416 e. The summed E-state index contributed by atoms with van der Waals surface area (Å²) < 4.78 is 90.2. The van der Waals surface area contributed by atoms with Crippen LogP contribution in [0.15, 0.2) is 24.3 Å². The van der Waals surface area contributed by atoms with Crippen LogP contribution in [0.2, 0.25) is 0 Å². The van der Waals surface area contributed by atoms with Crippen LogP contribution in [0.4, 0.5) is 31.1 Å². The summed E-state index contributed by atoms with van der Waals surface area (Å²) in [7, 11) is 0. The minimum atomic E-state index is -4.97. The molecule has 4 rings (SSSR count). The summed E-state index contributed by atoms with van der Waals surface area (Å²) in [5, 5.41) is 4.48. The molecule has 1 aromatic heterocycles. The number of carbonyl (C=O) groups is 1. The van der Waals surface area contributed by atoms with E-state index in [0.29, 0.717) is 31.6 Å². The molecule has 174 valence electrons. The first-order chi connectivity index (χ1) is 14.9. The van der Waals surface area contributed by atoms with Crippen LogP contribution in [0.3, 0.4) is 0 Å². The normalized spacial score (nSPS) is 21.2. The lowest BCUT2D eigenvalue weighted by molar-refractivity contribution is -0.143. The molecule has 0 aliphatic carbocycles. The molecular formula is C20H19F6N3O3. The van der Waals surface area contributed by atoms with Gasteiger partial charge in [0.1, 0.15) is 12.7 Å². The zero-order valence-electron chi connectivity index (χ0n) is 16.8. The fourth-order valence-corrected chi connectivity index (χ4v) is 3.61. The summed E-state index contributed by atoms with van der Waals surface area (Å²) >= 11 is 0. The predicted octanol–water partition coefficient (Wildman–Crippen LogP) is 4.92. The third kappa shape index (κ3) is 4.84. The number of ether oxygens (including phenoxy) is 2. The molecule has 1 amide bonds. The Morgan fingerprint density at radius 1 is 1.09 bits per heavy atom. The fourth-order valence-electron chi connectivity index (χ4n) is 3.61. The molecule has 2 unspecified atom stereocenters. The Morgan fingerprint density at radius 2 is 1.72 bits per heavy atom. The molecule has 0 bridgehead atoms. The van der Waals surface area contributed by atoms with E-state index < -0.39 is 41.7 Å². The topological polar surface area (TPSA) is 59.9 Å². The number of alkyl halides is 6. The van der Waals surface area contributed by atoms with Crippen LogP contribution < -0.4 is 0 Å². The molecule has 2 aromatic rings. The highest BCUT2D eigenvalue weighted by Gasteiger charge is 2.39. The average molecular weight is 463 g/mol. The Balaban J connectivity index is 1.46. The van der Waals surface area contributed by atoms with E-state index in [1.165, 1.54) is 4.90 Å². The van der Waals surface area contributed by atoms with E-state index in [2.05, 4.69) is 5.10 Å². The number of fused-ring (bicyclic) bond motifs is 1. The number of halogens is 6. The van der Waals surface area contributed by atoms with E-state index in [9.17, 15) is 31.1 Å². The molecule has 2 aliphatic rings. The van der Waals surface area contributed by atoms with Gasteiger partial charge in [-0.1, -0.05) is 0 Å². The summed E-state index contributed by atoms with van der Waals surface area (Å²) in [5.74, 6) is 0. The highest BCUT2D eigenvalue weighted by Crippen LogP contribution is 2.38. The molecule has 2 atom stereocenters. The van der Waals surface area contributed by atoms with Crippen LogP contribution in [-0.4, -0.2) is 33.4 Å². The van der Waals surface area contributed by atoms with Gasteiger partial charge in [0.15, 0.2) is 0 Å². The maximum Gasteiger partial charge on any atom is 0.416 e. The molecule has 1 fully saturated rings. The molecule has 2 aliphatic heterocycles. The molecule has 0 saturated carbocycles. The third-order valence-corrected chi connectivity index (χ3v) is 5.30. The highest BCUT2D eigenvalue weighted by molar-refractivity contribution is 5.67. The van der Waals surface area contributed by atoms with Crippen molar-refractivity contribution < 1.29 is 40.6 Å². The molecule has 3 heterocycles. The molecule has 32 heavy (non-hydrogen) atoms. The van der Waals surface area contributed by atoms with Crippen LogP contribution in [0.25, 0.3) is 0 Å². The molecule has 6 nitrogen and oxygen atoms in total. The lowest BCUT2D eigenvalue weighted by Gasteiger charge is -2.20. The van der Waals surface area contributed by atoms with Crippen molar-refractivity contribution >= 4 is 6.09 Å². The number of hydrogen-bond acceptors (Lipinski definition) is 4. The van der Waals surface area contributed by atoms with Gasteiger partial charge >= 0.3 is 18.4 Å². The van der Waals surface area contributed by atoms with E-state index in [4.69, 9.17) is 9.47 Å². The summed E-state index contributed by atoms with van der Waals surface area (Å²) in [6.45, 7) is 2.22. The summed E-state index contributed by atoms with van der Waals surface area (Å²) in [5.41, 5.74) is -1.81. The van der Waals surface area contributed by atoms with Crippen LogP contribution in [0.5, 0.6) is 0 Å². The van der Waals surface area contributed by atoms with Gasteiger partial charge in [-0.05, 0) is 43.2 Å². The maximum absolute atomic E-state index is 13.0. The molecule has 0 spiro atoms. The van der Waals surface area contributed by atoms with Crippen molar-refractivity contribution in [1.82, 2.24) is 14.7 Å². The Labute approximate surface area is 178 Å². The van der Waals surface area contributed by atoms with Crippen molar-refractivity contribution in [3.8, 4) is 0 Å². The zero-order valence-corrected chi connectivity index (χ0v) is 16.8. The molecule has 0 radical (unpaired) electrons. The lowest BCUT2D eigenvalue weighted by atomic mass is 10.1. The summed E-state index contributed by atoms with van der Waals surface area (Å²) in [4.78, 5) is 13.9. The standard InChI is InChI=1S/C20H19F6N3O3/c1-11-17(32-11)16-8-15-9-28(3-2-4-29(15)27-16)18(30)31-10-12-5-13(19(21,22)23)7-14(6-12)20(24,25)26/h5-8,11,17H,2-4,9-10H2,1H3. The number of hydrogen-bond donors (Lipinski definition) is 0. The second-order valence-electron chi connectivity index (χ2n) is 7.79. The van der Waals surface area contributed by atoms with Gasteiger partial charge in [0.25, 0.3) is 0 Å². The van der Waals surface area contributed by atoms with Gasteiger partial charge in [-0.3, -0.25) is 4.68 Å². The zero-order chi connectivity index (χ0) is 23.3. The fraction of sp³-hybridized carbons (Fsp3) is 0.500.